The third kappa shape index (κ3) is 2.74. The zero-order valence-electron chi connectivity index (χ0n) is 12.8. The molecule has 0 amide bonds. The Bertz CT molecular complexity index is 579. The number of benzene rings is 2. The van der Waals surface area contributed by atoms with Crippen molar-refractivity contribution in [3.8, 4) is 0 Å². The minimum absolute atomic E-state index is 0.335. The number of methoxy groups -OCH3 is 1. The molecule has 0 N–H and O–H groups in total. The topological polar surface area (TPSA) is 9.23 Å². The summed E-state index contributed by atoms with van der Waals surface area (Å²) in [5, 5.41) is 2.97. The van der Waals surface area contributed by atoms with Crippen LogP contribution in [0, 0.1) is 0 Å². The van der Waals surface area contributed by atoms with Crippen molar-refractivity contribution in [3.63, 3.8) is 0 Å². The summed E-state index contributed by atoms with van der Waals surface area (Å²) in [5.41, 5.74) is 4.04. The highest BCUT2D eigenvalue weighted by Crippen LogP contribution is 2.28. The van der Waals surface area contributed by atoms with Crippen LogP contribution < -0.4 is 10.4 Å². The maximum absolute atomic E-state index is 5.75. The molecule has 1 atom stereocenters. The van der Waals surface area contributed by atoms with E-state index in [-0.39, 0.29) is 0 Å². The molecule has 0 radical (unpaired) electrons. The van der Waals surface area contributed by atoms with Crippen LogP contribution in [0.4, 0.5) is 0 Å². The van der Waals surface area contributed by atoms with Gasteiger partial charge in [-0.25, -0.2) is 0 Å². The van der Waals surface area contributed by atoms with Crippen molar-refractivity contribution in [2.45, 2.75) is 25.5 Å². The summed E-state index contributed by atoms with van der Waals surface area (Å²) in [5.74, 6) is 0. The first-order valence-electron chi connectivity index (χ1n) is 7.57. The van der Waals surface area contributed by atoms with Gasteiger partial charge in [0, 0.05) is 7.11 Å². The van der Waals surface area contributed by atoms with Gasteiger partial charge in [-0.05, 0) is 29.8 Å². The maximum atomic E-state index is 5.75. The summed E-state index contributed by atoms with van der Waals surface area (Å²) < 4.78 is 5.75. The second-order valence-corrected chi connectivity index (χ2v) is 9.75. The summed E-state index contributed by atoms with van der Waals surface area (Å²) in [4.78, 5) is 0. The number of rotatable bonds is 3. The van der Waals surface area contributed by atoms with Crippen molar-refractivity contribution in [2.24, 2.45) is 0 Å². The van der Waals surface area contributed by atoms with Crippen LogP contribution in [-0.4, -0.2) is 21.3 Å². The molecule has 0 spiro atoms. The van der Waals surface area contributed by atoms with Crippen LogP contribution in [0.3, 0.4) is 0 Å². The SMILES string of the molecule is COC1CC(C)=C[Si](c2ccccc2)(c2ccccc2)C1. The van der Waals surface area contributed by atoms with Crippen LogP contribution >= 0.6 is 0 Å². The van der Waals surface area contributed by atoms with Gasteiger partial charge in [-0.15, -0.1) is 0 Å². The Morgan fingerprint density at radius 2 is 1.43 bits per heavy atom. The van der Waals surface area contributed by atoms with E-state index < -0.39 is 8.07 Å². The van der Waals surface area contributed by atoms with Gasteiger partial charge in [0.25, 0.3) is 0 Å². The molecule has 0 aromatic heterocycles. The van der Waals surface area contributed by atoms with Crippen LogP contribution in [0.1, 0.15) is 13.3 Å². The molecule has 1 aliphatic heterocycles. The molecule has 0 aliphatic carbocycles. The van der Waals surface area contributed by atoms with Gasteiger partial charge in [-0.3, -0.25) is 0 Å². The lowest BCUT2D eigenvalue weighted by Gasteiger charge is -2.37. The van der Waals surface area contributed by atoms with Gasteiger partial charge in [0.2, 0.25) is 0 Å². The Balaban J connectivity index is 2.19. The van der Waals surface area contributed by atoms with Gasteiger partial charge in [-0.1, -0.05) is 71.9 Å². The van der Waals surface area contributed by atoms with Gasteiger partial charge in [0.1, 0.15) is 8.07 Å². The highest BCUT2D eigenvalue weighted by molar-refractivity contribution is 7.06. The van der Waals surface area contributed by atoms with Gasteiger partial charge < -0.3 is 4.74 Å². The predicted molar refractivity (Wildman–Crippen MR) is 91.9 cm³/mol. The van der Waals surface area contributed by atoms with Crippen molar-refractivity contribution in [2.75, 3.05) is 7.11 Å². The fraction of sp³-hybridized carbons (Fsp3) is 0.263. The summed E-state index contributed by atoms with van der Waals surface area (Å²) in [6.07, 6.45) is 1.40. The third-order valence-electron chi connectivity index (χ3n) is 4.50. The Morgan fingerprint density at radius 3 is 1.90 bits per heavy atom. The summed E-state index contributed by atoms with van der Waals surface area (Å²) in [7, 11) is -0.0234. The molecule has 0 saturated heterocycles. The molecule has 0 fully saturated rings. The third-order valence-corrected chi connectivity index (χ3v) is 9.32. The summed E-state index contributed by atoms with van der Waals surface area (Å²) in [6.45, 7) is 2.25. The van der Waals surface area contributed by atoms with Crippen LogP contribution in [0.15, 0.2) is 71.9 Å². The van der Waals surface area contributed by atoms with Crippen LogP contribution in [0.2, 0.25) is 6.04 Å². The first kappa shape index (κ1) is 14.3. The van der Waals surface area contributed by atoms with Crippen molar-refractivity contribution in [1.82, 2.24) is 0 Å². The van der Waals surface area contributed by atoms with Gasteiger partial charge in [0.05, 0.1) is 6.10 Å². The molecule has 0 bridgehead atoms. The Labute approximate surface area is 128 Å². The van der Waals surface area contributed by atoms with E-state index in [1.165, 1.54) is 15.9 Å². The molecule has 1 aliphatic rings. The lowest BCUT2D eigenvalue weighted by Crippen LogP contribution is -2.60. The average Bonchev–Trinajstić information content (AvgIpc) is 2.55. The molecular formula is C19H22OSi. The van der Waals surface area contributed by atoms with Gasteiger partial charge >= 0.3 is 0 Å². The molecular weight excluding hydrogens is 272 g/mol. The minimum atomic E-state index is -1.87. The fourth-order valence-corrected chi connectivity index (χ4v) is 8.35. The van der Waals surface area contributed by atoms with E-state index in [0.29, 0.717) is 6.10 Å². The number of hydrogen-bond acceptors (Lipinski definition) is 1. The van der Waals surface area contributed by atoms with Crippen LogP contribution in [0.25, 0.3) is 0 Å². The van der Waals surface area contributed by atoms with Crippen molar-refractivity contribution >= 4 is 18.4 Å². The molecule has 2 aromatic rings. The van der Waals surface area contributed by atoms with Gasteiger partial charge in [0.15, 0.2) is 0 Å². The Kier molecular flexibility index (Phi) is 4.09. The van der Waals surface area contributed by atoms with Gasteiger partial charge in [-0.2, -0.15) is 0 Å². The first-order chi connectivity index (χ1) is 10.2. The predicted octanol–water partition coefficient (Wildman–Crippen LogP) is 3.15. The highest BCUT2D eigenvalue weighted by Gasteiger charge is 2.40. The molecule has 2 aromatic carbocycles. The average molecular weight is 294 g/mol. The summed E-state index contributed by atoms with van der Waals surface area (Å²) in [6, 6.07) is 23.1. The van der Waals surface area contributed by atoms with E-state index in [1.54, 1.807) is 0 Å². The smallest absolute Gasteiger partial charge is 0.143 e. The molecule has 21 heavy (non-hydrogen) atoms. The zero-order valence-corrected chi connectivity index (χ0v) is 13.8. The zero-order chi connectivity index (χ0) is 14.7. The van der Waals surface area contributed by atoms with Crippen LogP contribution in [-0.2, 0) is 4.74 Å². The number of ether oxygens (including phenoxy) is 1. The lowest BCUT2D eigenvalue weighted by molar-refractivity contribution is 0.116. The molecule has 2 heteroatoms. The Morgan fingerprint density at radius 1 is 0.905 bits per heavy atom. The minimum Gasteiger partial charge on any atom is -0.381 e. The molecule has 0 saturated carbocycles. The standard InChI is InChI=1S/C19H22OSi/c1-16-13-17(20-2)15-21(14-16,18-9-5-3-6-10-18)19-11-7-4-8-12-19/h3-12,14,17H,13,15H2,1-2H3. The monoisotopic (exact) mass is 294 g/mol. The van der Waals surface area contributed by atoms with E-state index in [9.17, 15) is 0 Å². The van der Waals surface area contributed by atoms with Crippen molar-refractivity contribution in [1.29, 1.82) is 0 Å². The summed E-state index contributed by atoms with van der Waals surface area (Å²) >= 11 is 0. The molecule has 1 nitrogen and oxygen atoms in total. The second-order valence-electron chi connectivity index (χ2n) is 5.96. The molecule has 108 valence electrons. The van der Waals surface area contributed by atoms with Crippen molar-refractivity contribution < 1.29 is 4.74 Å². The highest BCUT2D eigenvalue weighted by atomic mass is 28.3. The largest absolute Gasteiger partial charge is 0.381 e. The van der Waals surface area contributed by atoms with E-state index >= 15 is 0 Å². The van der Waals surface area contributed by atoms with E-state index in [0.717, 1.165) is 12.5 Å². The quantitative estimate of drug-likeness (QED) is 0.790. The van der Waals surface area contributed by atoms with E-state index in [2.05, 4.69) is 73.3 Å². The molecule has 1 heterocycles. The second kappa shape index (κ2) is 6.00. The lowest BCUT2D eigenvalue weighted by atomic mass is 10.1. The van der Waals surface area contributed by atoms with E-state index in [1.807, 2.05) is 7.11 Å². The fourth-order valence-electron chi connectivity index (χ4n) is 3.54. The van der Waals surface area contributed by atoms with Crippen LogP contribution in [0.5, 0.6) is 0 Å². The normalized spacial score (nSPS) is 20.9. The van der Waals surface area contributed by atoms with Crippen molar-refractivity contribution in [3.05, 3.63) is 71.9 Å². The van der Waals surface area contributed by atoms with E-state index in [4.69, 9.17) is 4.74 Å². The maximum Gasteiger partial charge on any atom is 0.143 e. The molecule has 3 rings (SSSR count). The number of hydrogen-bond donors (Lipinski definition) is 0. The first-order valence-corrected chi connectivity index (χ1v) is 9.85. The molecule has 1 unspecified atom stereocenters. The Hall–Kier alpha value is -1.64.